The van der Waals surface area contributed by atoms with E-state index in [-0.39, 0.29) is 17.3 Å². The molecule has 0 radical (unpaired) electrons. The van der Waals surface area contributed by atoms with Gasteiger partial charge in [-0.05, 0) is 49.4 Å². The number of ether oxygens (including phenoxy) is 1. The second-order valence-corrected chi connectivity index (χ2v) is 8.24. The highest BCUT2D eigenvalue weighted by Gasteiger charge is 2.16. The standard InChI is InChI=1S/C23H15BrFN7O3/c1-13-28-29-21-23(26-9-11-31(13)21)35-16-5-3-15(4-6-16)27-22(34)20-19(33)8-10-32(30-20)18-7-2-14(24)12-17(18)25/h2-12H,1H3,(H,27,34). The Labute approximate surface area is 205 Å². The van der Waals surface area contributed by atoms with Crippen LogP contribution in [-0.4, -0.2) is 35.3 Å². The second-order valence-electron chi connectivity index (χ2n) is 7.32. The van der Waals surface area contributed by atoms with Crippen molar-refractivity contribution in [3.63, 3.8) is 0 Å². The molecular weight excluding hydrogens is 521 g/mol. The van der Waals surface area contributed by atoms with Crippen LogP contribution in [0.2, 0.25) is 0 Å². The van der Waals surface area contributed by atoms with Crippen LogP contribution in [-0.2, 0) is 0 Å². The molecule has 0 saturated heterocycles. The van der Waals surface area contributed by atoms with E-state index in [1.807, 2.05) is 6.92 Å². The van der Waals surface area contributed by atoms with Gasteiger partial charge >= 0.3 is 0 Å². The van der Waals surface area contributed by atoms with Crippen molar-refractivity contribution in [3.05, 3.63) is 99.2 Å². The average molecular weight is 536 g/mol. The molecule has 174 valence electrons. The van der Waals surface area contributed by atoms with Crippen molar-refractivity contribution < 1.29 is 13.9 Å². The van der Waals surface area contributed by atoms with Gasteiger partial charge in [-0.15, -0.1) is 10.2 Å². The number of benzene rings is 2. The minimum absolute atomic E-state index is 0.0928. The summed E-state index contributed by atoms with van der Waals surface area (Å²) in [4.78, 5) is 29.2. The molecule has 0 atom stereocenters. The zero-order valence-corrected chi connectivity index (χ0v) is 19.6. The van der Waals surface area contributed by atoms with Crippen molar-refractivity contribution in [2.24, 2.45) is 0 Å². The third-order valence-electron chi connectivity index (χ3n) is 4.97. The topological polar surface area (TPSA) is 116 Å². The maximum absolute atomic E-state index is 14.3. The van der Waals surface area contributed by atoms with Crippen LogP contribution in [0.25, 0.3) is 11.3 Å². The molecule has 0 spiro atoms. The molecule has 0 saturated carbocycles. The van der Waals surface area contributed by atoms with Crippen molar-refractivity contribution in [3.8, 4) is 17.3 Å². The van der Waals surface area contributed by atoms with E-state index >= 15 is 0 Å². The number of anilines is 1. The number of rotatable bonds is 5. The molecule has 1 amide bonds. The lowest BCUT2D eigenvalue weighted by Gasteiger charge is -2.10. The maximum Gasteiger partial charge on any atom is 0.280 e. The van der Waals surface area contributed by atoms with Crippen LogP contribution in [0.4, 0.5) is 10.1 Å². The zero-order valence-electron chi connectivity index (χ0n) is 18.0. The van der Waals surface area contributed by atoms with E-state index in [0.29, 0.717) is 27.4 Å². The molecule has 5 aromatic rings. The lowest BCUT2D eigenvalue weighted by molar-refractivity contribution is 0.101. The number of carbonyl (C=O) groups is 1. The Kier molecular flexibility index (Phi) is 5.79. The summed E-state index contributed by atoms with van der Waals surface area (Å²) >= 11 is 3.19. The summed E-state index contributed by atoms with van der Waals surface area (Å²) < 4.78 is 23.5. The third kappa shape index (κ3) is 4.51. The van der Waals surface area contributed by atoms with E-state index in [9.17, 15) is 14.0 Å². The van der Waals surface area contributed by atoms with Crippen molar-refractivity contribution >= 4 is 33.2 Å². The number of hydrogen-bond acceptors (Lipinski definition) is 7. The summed E-state index contributed by atoms with van der Waals surface area (Å²) in [5.74, 6) is 0.126. The molecule has 0 bridgehead atoms. The molecule has 0 aliphatic rings. The molecule has 12 heteroatoms. The van der Waals surface area contributed by atoms with Crippen LogP contribution in [0.5, 0.6) is 11.6 Å². The molecule has 3 heterocycles. The van der Waals surface area contributed by atoms with Crippen LogP contribution in [0.3, 0.4) is 0 Å². The molecule has 10 nitrogen and oxygen atoms in total. The summed E-state index contributed by atoms with van der Waals surface area (Å²) in [7, 11) is 0. The molecule has 5 rings (SSSR count). The number of halogens is 2. The maximum atomic E-state index is 14.3. The van der Waals surface area contributed by atoms with E-state index in [1.165, 1.54) is 18.3 Å². The highest BCUT2D eigenvalue weighted by molar-refractivity contribution is 9.10. The number of aryl methyl sites for hydroxylation is 1. The fraction of sp³-hybridized carbons (Fsp3) is 0.0435. The van der Waals surface area contributed by atoms with Gasteiger partial charge in [-0.2, -0.15) is 5.10 Å². The smallest absolute Gasteiger partial charge is 0.280 e. The third-order valence-corrected chi connectivity index (χ3v) is 5.46. The van der Waals surface area contributed by atoms with Crippen LogP contribution in [0.1, 0.15) is 16.3 Å². The van der Waals surface area contributed by atoms with E-state index in [2.05, 4.69) is 41.5 Å². The Morgan fingerprint density at radius 3 is 2.66 bits per heavy atom. The van der Waals surface area contributed by atoms with Crippen molar-refractivity contribution in [2.75, 3.05) is 5.32 Å². The first-order valence-electron chi connectivity index (χ1n) is 10.2. The fourth-order valence-electron chi connectivity index (χ4n) is 3.27. The van der Waals surface area contributed by atoms with E-state index in [0.717, 1.165) is 10.7 Å². The predicted molar refractivity (Wildman–Crippen MR) is 127 cm³/mol. The van der Waals surface area contributed by atoms with Gasteiger partial charge in [0.15, 0.2) is 5.69 Å². The minimum Gasteiger partial charge on any atom is -0.436 e. The molecule has 0 aliphatic heterocycles. The Hall–Kier alpha value is -4.45. The molecule has 3 aromatic heterocycles. The number of hydrogen-bond donors (Lipinski definition) is 1. The van der Waals surface area contributed by atoms with Gasteiger partial charge in [-0.3, -0.25) is 14.0 Å². The fourth-order valence-corrected chi connectivity index (χ4v) is 3.60. The van der Waals surface area contributed by atoms with E-state index < -0.39 is 17.2 Å². The predicted octanol–water partition coefficient (Wildman–Crippen LogP) is 3.92. The number of carbonyl (C=O) groups excluding carboxylic acids is 1. The quantitative estimate of drug-likeness (QED) is 0.362. The first-order chi connectivity index (χ1) is 16.9. The lowest BCUT2D eigenvalue weighted by Crippen LogP contribution is -2.25. The number of nitrogens with zero attached hydrogens (tertiary/aromatic N) is 6. The van der Waals surface area contributed by atoms with E-state index in [4.69, 9.17) is 4.74 Å². The Morgan fingerprint density at radius 1 is 1.09 bits per heavy atom. The zero-order chi connectivity index (χ0) is 24.5. The molecule has 0 unspecified atom stereocenters. The molecule has 2 aromatic carbocycles. The van der Waals surface area contributed by atoms with Crippen LogP contribution in [0.15, 0.2) is 76.4 Å². The SMILES string of the molecule is Cc1nnc2c(Oc3ccc(NC(=O)c4nn(-c5ccc(Br)cc5F)ccc4=O)cc3)nccn12. The highest BCUT2D eigenvalue weighted by Crippen LogP contribution is 2.24. The molecule has 0 aliphatic carbocycles. The van der Waals surface area contributed by atoms with Crippen molar-refractivity contribution in [1.29, 1.82) is 0 Å². The number of aromatic nitrogens is 6. The summed E-state index contributed by atoms with van der Waals surface area (Å²) in [6, 6.07) is 12.0. The first kappa shape index (κ1) is 22.3. The van der Waals surface area contributed by atoms with Gasteiger partial charge in [-0.1, -0.05) is 15.9 Å². The van der Waals surface area contributed by atoms with Gasteiger partial charge in [0.25, 0.3) is 11.8 Å². The molecule has 1 N–H and O–H groups in total. The van der Waals surface area contributed by atoms with Gasteiger partial charge in [0.05, 0.1) is 0 Å². The highest BCUT2D eigenvalue weighted by atomic mass is 79.9. The van der Waals surface area contributed by atoms with Crippen LogP contribution < -0.4 is 15.5 Å². The van der Waals surface area contributed by atoms with E-state index in [1.54, 1.807) is 47.1 Å². The van der Waals surface area contributed by atoms with Crippen molar-refractivity contribution in [1.82, 2.24) is 29.4 Å². The Morgan fingerprint density at radius 2 is 1.89 bits per heavy atom. The summed E-state index contributed by atoms with van der Waals surface area (Å²) in [6.07, 6.45) is 4.60. The van der Waals surface area contributed by atoms with Crippen LogP contribution in [0, 0.1) is 12.7 Å². The first-order valence-corrected chi connectivity index (χ1v) is 11.0. The Balaban J connectivity index is 1.34. The molecule has 35 heavy (non-hydrogen) atoms. The number of fused-ring (bicyclic) bond motifs is 1. The number of nitrogens with one attached hydrogen (secondary N) is 1. The number of amides is 1. The Bertz CT molecular complexity index is 1630. The summed E-state index contributed by atoms with van der Waals surface area (Å²) in [5, 5.41) is 14.7. The lowest BCUT2D eigenvalue weighted by atomic mass is 10.2. The molecular formula is C23H15BrFN7O3. The van der Waals surface area contributed by atoms with Gasteiger partial charge in [-0.25, -0.2) is 14.1 Å². The van der Waals surface area contributed by atoms with Gasteiger partial charge in [0, 0.05) is 34.8 Å². The van der Waals surface area contributed by atoms with Crippen molar-refractivity contribution in [2.45, 2.75) is 6.92 Å². The molecule has 0 fully saturated rings. The average Bonchev–Trinajstić information content (AvgIpc) is 3.22. The van der Waals surface area contributed by atoms with Gasteiger partial charge in [0.2, 0.25) is 11.1 Å². The van der Waals surface area contributed by atoms with Gasteiger partial charge in [0.1, 0.15) is 23.1 Å². The minimum atomic E-state index is -0.735. The second kappa shape index (κ2) is 9.06. The largest absolute Gasteiger partial charge is 0.436 e. The normalized spacial score (nSPS) is 10.9. The summed E-state index contributed by atoms with van der Waals surface area (Å²) in [6.45, 7) is 1.81. The van der Waals surface area contributed by atoms with Crippen LogP contribution >= 0.6 is 15.9 Å². The van der Waals surface area contributed by atoms with Gasteiger partial charge < -0.3 is 10.1 Å². The monoisotopic (exact) mass is 535 g/mol. The summed E-state index contributed by atoms with van der Waals surface area (Å²) in [5.41, 5.74) is -0.0169.